The first-order chi connectivity index (χ1) is 9.10. The zero-order valence-corrected chi connectivity index (χ0v) is 11.4. The zero-order valence-electron chi connectivity index (χ0n) is 10.6. The minimum Gasteiger partial charge on any atom is -0.355 e. The van der Waals surface area contributed by atoms with Crippen LogP contribution in [0.5, 0.6) is 0 Å². The van der Waals surface area contributed by atoms with Crippen LogP contribution in [0.2, 0.25) is 5.02 Å². The van der Waals surface area contributed by atoms with Crippen molar-refractivity contribution < 1.29 is 4.39 Å². The lowest BCUT2D eigenvalue weighted by atomic mass is 10.2. The van der Waals surface area contributed by atoms with Crippen molar-refractivity contribution >= 4 is 17.4 Å². The number of hydrogen-bond acceptors (Lipinski definition) is 3. The van der Waals surface area contributed by atoms with Crippen LogP contribution in [-0.4, -0.2) is 12.0 Å². The van der Waals surface area contributed by atoms with Crippen molar-refractivity contribution in [3.63, 3.8) is 0 Å². The van der Waals surface area contributed by atoms with E-state index in [0.717, 1.165) is 16.9 Å². The SMILES string of the molecule is CN(Cc1ccc(F)cc1)c1cc(CN)c(Cl)cn1. The second-order valence-corrected chi connectivity index (χ2v) is 4.73. The van der Waals surface area contributed by atoms with Gasteiger partial charge >= 0.3 is 0 Å². The molecular weight excluding hydrogens is 265 g/mol. The van der Waals surface area contributed by atoms with E-state index in [1.54, 1.807) is 18.3 Å². The molecule has 0 bridgehead atoms. The first-order valence-electron chi connectivity index (χ1n) is 5.90. The monoisotopic (exact) mass is 279 g/mol. The zero-order chi connectivity index (χ0) is 13.8. The van der Waals surface area contributed by atoms with Crippen LogP contribution < -0.4 is 10.6 Å². The number of nitrogens with two attached hydrogens (primary N) is 1. The summed E-state index contributed by atoms with van der Waals surface area (Å²) in [5, 5.41) is 0.571. The Kier molecular flexibility index (Phi) is 4.35. The van der Waals surface area contributed by atoms with Gasteiger partial charge in [0.15, 0.2) is 0 Å². The summed E-state index contributed by atoms with van der Waals surface area (Å²) in [4.78, 5) is 6.23. The number of aromatic nitrogens is 1. The van der Waals surface area contributed by atoms with Gasteiger partial charge in [-0.05, 0) is 29.3 Å². The van der Waals surface area contributed by atoms with Crippen LogP contribution in [-0.2, 0) is 13.1 Å². The van der Waals surface area contributed by atoms with Gasteiger partial charge in [-0.2, -0.15) is 0 Å². The van der Waals surface area contributed by atoms with Crippen molar-refractivity contribution in [2.24, 2.45) is 5.73 Å². The Bertz CT molecular complexity index is 557. The molecule has 0 amide bonds. The van der Waals surface area contributed by atoms with Gasteiger partial charge in [0.1, 0.15) is 11.6 Å². The number of halogens is 2. The summed E-state index contributed by atoms with van der Waals surface area (Å²) in [6, 6.07) is 8.27. The van der Waals surface area contributed by atoms with Crippen molar-refractivity contribution in [1.29, 1.82) is 0 Å². The third-order valence-electron chi connectivity index (χ3n) is 2.86. The maximum absolute atomic E-state index is 12.8. The lowest BCUT2D eigenvalue weighted by Crippen LogP contribution is -2.18. The third-order valence-corrected chi connectivity index (χ3v) is 3.20. The topological polar surface area (TPSA) is 42.1 Å². The molecule has 0 aliphatic carbocycles. The largest absolute Gasteiger partial charge is 0.355 e. The summed E-state index contributed by atoms with van der Waals surface area (Å²) in [5.41, 5.74) is 7.48. The van der Waals surface area contributed by atoms with Crippen molar-refractivity contribution in [3.8, 4) is 0 Å². The number of hydrogen-bond donors (Lipinski definition) is 1. The van der Waals surface area contributed by atoms with E-state index in [4.69, 9.17) is 17.3 Å². The lowest BCUT2D eigenvalue weighted by molar-refractivity contribution is 0.627. The van der Waals surface area contributed by atoms with E-state index in [-0.39, 0.29) is 5.82 Å². The minimum absolute atomic E-state index is 0.235. The second kappa shape index (κ2) is 5.99. The maximum atomic E-state index is 12.8. The second-order valence-electron chi connectivity index (χ2n) is 4.32. The predicted octanol–water partition coefficient (Wildman–Crippen LogP) is 2.97. The molecule has 0 fully saturated rings. The van der Waals surface area contributed by atoms with E-state index in [1.807, 2.05) is 18.0 Å². The quantitative estimate of drug-likeness (QED) is 0.936. The average molecular weight is 280 g/mol. The van der Waals surface area contributed by atoms with Crippen molar-refractivity contribution in [2.75, 3.05) is 11.9 Å². The van der Waals surface area contributed by atoms with E-state index in [1.165, 1.54) is 12.1 Å². The Hall–Kier alpha value is -1.65. The molecule has 0 aliphatic heterocycles. The summed E-state index contributed by atoms with van der Waals surface area (Å²) < 4.78 is 12.8. The minimum atomic E-state index is -0.235. The first-order valence-corrected chi connectivity index (χ1v) is 6.28. The number of anilines is 1. The van der Waals surface area contributed by atoms with Gasteiger partial charge in [-0.3, -0.25) is 0 Å². The van der Waals surface area contributed by atoms with Crippen LogP contribution in [0.25, 0.3) is 0 Å². The van der Waals surface area contributed by atoms with Gasteiger partial charge in [0.25, 0.3) is 0 Å². The normalized spacial score (nSPS) is 10.5. The summed E-state index contributed by atoms with van der Waals surface area (Å²) in [5.74, 6) is 0.551. The van der Waals surface area contributed by atoms with Gasteiger partial charge < -0.3 is 10.6 Å². The molecule has 0 spiro atoms. The highest BCUT2D eigenvalue weighted by Crippen LogP contribution is 2.20. The van der Waals surface area contributed by atoms with Crippen molar-refractivity contribution in [3.05, 3.63) is 58.5 Å². The Morgan fingerprint density at radius 3 is 2.63 bits per heavy atom. The summed E-state index contributed by atoms with van der Waals surface area (Å²) in [7, 11) is 1.92. The molecular formula is C14H15ClFN3. The summed E-state index contributed by atoms with van der Waals surface area (Å²) in [6.45, 7) is 1.01. The highest BCUT2D eigenvalue weighted by molar-refractivity contribution is 6.31. The van der Waals surface area contributed by atoms with Gasteiger partial charge in [0, 0.05) is 26.3 Å². The summed E-state index contributed by atoms with van der Waals surface area (Å²) >= 11 is 5.98. The maximum Gasteiger partial charge on any atom is 0.128 e. The number of nitrogens with zero attached hydrogens (tertiary/aromatic N) is 2. The molecule has 100 valence electrons. The van der Waals surface area contributed by atoms with Crippen LogP contribution >= 0.6 is 11.6 Å². The molecule has 1 heterocycles. The number of benzene rings is 1. The molecule has 0 saturated heterocycles. The van der Waals surface area contributed by atoms with Crippen LogP contribution in [0.4, 0.5) is 10.2 Å². The highest BCUT2D eigenvalue weighted by atomic mass is 35.5. The fraction of sp³-hybridized carbons (Fsp3) is 0.214. The molecule has 3 nitrogen and oxygen atoms in total. The molecule has 5 heteroatoms. The molecule has 0 radical (unpaired) electrons. The number of pyridine rings is 1. The Labute approximate surface area is 116 Å². The van der Waals surface area contributed by atoms with E-state index in [9.17, 15) is 4.39 Å². The van der Waals surface area contributed by atoms with E-state index in [0.29, 0.717) is 18.1 Å². The number of rotatable bonds is 4. The van der Waals surface area contributed by atoms with E-state index >= 15 is 0 Å². The van der Waals surface area contributed by atoms with Gasteiger partial charge in [-0.25, -0.2) is 9.37 Å². The molecule has 2 rings (SSSR count). The molecule has 19 heavy (non-hydrogen) atoms. The van der Waals surface area contributed by atoms with Crippen LogP contribution in [0.3, 0.4) is 0 Å². The van der Waals surface area contributed by atoms with Gasteiger partial charge in [0.05, 0.1) is 5.02 Å². The fourth-order valence-electron chi connectivity index (χ4n) is 1.78. The fourth-order valence-corrected chi connectivity index (χ4v) is 1.96. The molecule has 2 N–H and O–H groups in total. The Balaban J connectivity index is 2.15. The standard InChI is InChI=1S/C14H15ClFN3/c1-19(9-10-2-4-12(16)5-3-10)14-6-11(7-17)13(15)8-18-14/h2-6,8H,7,9,17H2,1H3. The van der Waals surface area contributed by atoms with Crippen LogP contribution in [0, 0.1) is 5.82 Å². The molecule has 2 aromatic rings. The van der Waals surface area contributed by atoms with E-state index in [2.05, 4.69) is 4.98 Å². The van der Waals surface area contributed by atoms with Gasteiger partial charge in [-0.1, -0.05) is 23.7 Å². The molecule has 0 unspecified atom stereocenters. The highest BCUT2D eigenvalue weighted by Gasteiger charge is 2.07. The predicted molar refractivity (Wildman–Crippen MR) is 75.6 cm³/mol. The smallest absolute Gasteiger partial charge is 0.128 e. The third kappa shape index (κ3) is 3.43. The Morgan fingerprint density at radius 1 is 1.32 bits per heavy atom. The average Bonchev–Trinajstić information content (AvgIpc) is 2.42. The van der Waals surface area contributed by atoms with Crippen molar-refractivity contribution in [2.45, 2.75) is 13.1 Å². The van der Waals surface area contributed by atoms with Crippen LogP contribution in [0.15, 0.2) is 36.5 Å². The van der Waals surface area contributed by atoms with Gasteiger partial charge in [0.2, 0.25) is 0 Å². The van der Waals surface area contributed by atoms with Crippen LogP contribution in [0.1, 0.15) is 11.1 Å². The molecule has 0 atom stereocenters. The van der Waals surface area contributed by atoms with E-state index < -0.39 is 0 Å². The lowest BCUT2D eigenvalue weighted by Gasteiger charge is -2.19. The molecule has 0 aliphatic rings. The molecule has 0 saturated carbocycles. The van der Waals surface area contributed by atoms with Gasteiger partial charge in [-0.15, -0.1) is 0 Å². The molecule has 1 aromatic heterocycles. The Morgan fingerprint density at radius 2 is 2.00 bits per heavy atom. The summed E-state index contributed by atoms with van der Waals surface area (Å²) in [6.07, 6.45) is 1.60. The van der Waals surface area contributed by atoms with Crippen molar-refractivity contribution in [1.82, 2.24) is 4.98 Å². The molecule has 1 aromatic carbocycles. The first kappa shape index (κ1) is 13.8.